The van der Waals surface area contributed by atoms with Crippen LogP contribution in [-0.2, 0) is 5.41 Å². The van der Waals surface area contributed by atoms with Crippen LogP contribution in [0, 0.1) is 20.8 Å². The van der Waals surface area contributed by atoms with Crippen molar-refractivity contribution >= 4 is 19.6 Å². The van der Waals surface area contributed by atoms with E-state index in [1.807, 2.05) is 0 Å². The van der Waals surface area contributed by atoms with Gasteiger partial charge in [-0.3, -0.25) is 0 Å². The summed E-state index contributed by atoms with van der Waals surface area (Å²) in [6.07, 6.45) is 0. The maximum atomic E-state index is 5.19. The molecule has 0 radical (unpaired) electrons. The van der Waals surface area contributed by atoms with Crippen molar-refractivity contribution < 1.29 is 0 Å². The third-order valence-electron chi connectivity index (χ3n) is 5.23. The fraction of sp³-hybridized carbons (Fsp3) is 0.500. The quantitative estimate of drug-likeness (QED) is 0.304. The van der Waals surface area contributed by atoms with Crippen molar-refractivity contribution in [3.63, 3.8) is 0 Å². The molecule has 0 heterocycles. The molecule has 0 saturated heterocycles. The van der Waals surface area contributed by atoms with Crippen LogP contribution in [0.1, 0.15) is 76.3 Å². The van der Waals surface area contributed by atoms with Crippen LogP contribution in [0.15, 0.2) is 41.4 Å². The number of hydrogen-bond acceptors (Lipinski definition) is 1. The van der Waals surface area contributed by atoms with E-state index in [-0.39, 0.29) is 13.5 Å². The molecule has 2 aromatic rings. The number of aryl methyl sites for hydroxylation is 3. The number of rotatable bonds is 5. The molecule has 0 amide bonds. The van der Waals surface area contributed by atoms with Gasteiger partial charge in [-0.25, -0.2) is 4.99 Å². The molecule has 0 atom stereocenters. The van der Waals surface area contributed by atoms with Crippen LogP contribution in [0.5, 0.6) is 0 Å². The van der Waals surface area contributed by atoms with E-state index in [0.29, 0.717) is 11.3 Å². The Labute approximate surface area is 180 Å². The largest absolute Gasteiger partial charge is 0.348 e. The van der Waals surface area contributed by atoms with Crippen LogP contribution in [0.2, 0.25) is 0 Å². The van der Waals surface area contributed by atoms with Crippen molar-refractivity contribution in [1.29, 1.82) is 0 Å². The van der Waals surface area contributed by atoms with Crippen LogP contribution in [0.4, 0.5) is 5.69 Å². The molecule has 0 aliphatic carbocycles. The molecule has 0 bridgehead atoms. The molecule has 0 aliphatic rings. The van der Waals surface area contributed by atoms with Crippen molar-refractivity contribution in [2.24, 2.45) is 4.99 Å². The highest BCUT2D eigenvalue weighted by atomic mass is 31.1. The Morgan fingerprint density at radius 1 is 0.862 bits per heavy atom. The van der Waals surface area contributed by atoms with E-state index in [0.717, 1.165) is 17.1 Å². The van der Waals surface area contributed by atoms with Gasteiger partial charge in [-0.05, 0) is 62.3 Å². The van der Waals surface area contributed by atoms with Crippen LogP contribution in [0.3, 0.4) is 0 Å². The molecule has 158 valence electrons. The zero-order valence-corrected chi connectivity index (χ0v) is 20.9. The van der Waals surface area contributed by atoms with Gasteiger partial charge >= 0.3 is 0 Å². The predicted molar refractivity (Wildman–Crippen MR) is 132 cm³/mol. The Morgan fingerprint density at radius 2 is 1.34 bits per heavy atom. The molecule has 0 aliphatic heterocycles. The van der Waals surface area contributed by atoms with Crippen molar-refractivity contribution in [2.75, 3.05) is 0 Å². The Hall–Kier alpha value is -1.66. The SMILES string of the molecule is Cc1cc(C)c(N=C(NP(C(C)C)C(C)C)c2ccc(C(C)(C)C)cc2)c(C)c1. The second kappa shape index (κ2) is 9.43. The molecule has 0 saturated carbocycles. The summed E-state index contributed by atoms with van der Waals surface area (Å²) in [5.41, 5.74) is 8.65. The highest BCUT2D eigenvalue weighted by Gasteiger charge is 2.21. The van der Waals surface area contributed by atoms with Gasteiger partial charge in [0.2, 0.25) is 0 Å². The van der Waals surface area contributed by atoms with Gasteiger partial charge < -0.3 is 5.09 Å². The number of aliphatic imine (C=N–C) groups is 1. The highest BCUT2D eigenvalue weighted by Crippen LogP contribution is 2.42. The maximum Gasteiger partial charge on any atom is 0.137 e. The van der Waals surface area contributed by atoms with E-state index in [2.05, 4.69) is 111 Å². The minimum atomic E-state index is -0.374. The summed E-state index contributed by atoms with van der Waals surface area (Å²) in [5, 5.41) is 3.86. The molecule has 1 N–H and O–H groups in total. The Morgan fingerprint density at radius 3 is 1.76 bits per heavy atom. The number of amidine groups is 1. The van der Waals surface area contributed by atoms with Crippen LogP contribution in [-0.4, -0.2) is 17.2 Å². The van der Waals surface area contributed by atoms with Crippen molar-refractivity contribution in [2.45, 2.75) is 86.0 Å². The second-order valence-corrected chi connectivity index (χ2v) is 12.8. The van der Waals surface area contributed by atoms with E-state index in [1.165, 1.54) is 22.3 Å². The molecule has 2 nitrogen and oxygen atoms in total. The lowest BCUT2D eigenvalue weighted by molar-refractivity contribution is 0.590. The zero-order chi connectivity index (χ0) is 21.9. The first-order chi connectivity index (χ1) is 13.4. The van der Waals surface area contributed by atoms with Crippen molar-refractivity contribution in [3.05, 3.63) is 64.2 Å². The lowest BCUT2D eigenvalue weighted by Gasteiger charge is -2.28. The number of nitrogens with one attached hydrogen (secondary N) is 1. The lowest BCUT2D eigenvalue weighted by Crippen LogP contribution is -2.26. The normalized spacial score (nSPS) is 12.9. The van der Waals surface area contributed by atoms with Gasteiger partial charge in [-0.1, -0.05) is 90.4 Å². The van der Waals surface area contributed by atoms with Crippen molar-refractivity contribution in [3.8, 4) is 0 Å². The summed E-state index contributed by atoms with van der Waals surface area (Å²) >= 11 is 0. The third-order valence-corrected chi connectivity index (χ3v) is 7.93. The molecule has 29 heavy (non-hydrogen) atoms. The molecule has 0 spiro atoms. The summed E-state index contributed by atoms with van der Waals surface area (Å²) in [7, 11) is -0.374. The van der Waals surface area contributed by atoms with Gasteiger partial charge in [-0.2, -0.15) is 0 Å². The second-order valence-electron chi connectivity index (χ2n) is 9.74. The molecule has 0 unspecified atom stereocenters. The van der Waals surface area contributed by atoms with Gasteiger partial charge in [0.05, 0.1) is 5.69 Å². The monoisotopic (exact) mass is 410 g/mol. The Bertz CT molecular complexity index is 824. The minimum absolute atomic E-state index is 0.149. The first-order valence-electron chi connectivity index (χ1n) is 10.7. The average molecular weight is 411 g/mol. The first-order valence-corrected chi connectivity index (χ1v) is 12.2. The standard InChI is InChI=1S/C26H39N2P/c1-17(2)29(18(3)4)28-25(22-11-13-23(14-12-22)26(8,9)10)27-24-20(6)15-19(5)16-21(24)7/h11-18H,1-10H3,(H,27,28). The van der Waals surface area contributed by atoms with Crippen LogP contribution in [0.25, 0.3) is 0 Å². The fourth-order valence-electron chi connectivity index (χ4n) is 3.72. The van der Waals surface area contributed by atoms with Gasteiger partial charge in [0, 0.05) is 5.56 Å². The van der Waals surface area contributed by atoms with E-state index < -0.39 is 0 Å². The molecule has 3 heteroatoms. The average Bonchev–Trinajstić information content (AvgIpc) is 2.59. The zero-order valence-electron chi connectivity index (χ0n) is 20.0. The summed E-state index contributed by atoms with van der Waals surface area (Å²) in [5.74, 6) is 0.994. The summed E-state index contributed by atoms with van der Waals surface area (Å²) in [4.78, 5) is 5.19. The number of hydrogen-bond donors (Lipinski definition) is 1. The number of benzene rings is 2. The fourth-order valence-corrected chi connectivity index (χ4v) is 5.85. The van der Waals surface area contributed by atoms with Crippen LogP contribution >= 0.6 is 8.07 Å². The molecule has 0 aromatic heterocycles. The van der Waals surface area contributed by atoms with Crippen LogP contribution < -0.4 is 5.09 Å². The third kappa shape index (κ3) is 6.16. The smallest absolute Gasteiger partial charge is 0.137 e. The van der Waals surface area contributed by atoms with E-state index in [9.17, 15) is 0 Å². The molecular formula is C26H39N2P. The van der Waals surface area contributed by atoms with E-state index in [1.54, 1.807) is 0 Å². The molecular weight excluding hydrogens is 371 g/mol. The molecule has 0 fully saturated rings. The van der Waals surface area contributed by atoms with E-state index in [4.69, 9.17) is 4.99 Å². The summed E-state index contributed by atoms with van der Waals surface area (Å²) < 4.78 is 0. The maximum absolute atomic E-state index is 5.19. The van der Waals surface area contributed by atoms with Gasteiger partial charge in [0.1, 0.15) is 5.84 Å². The van der Waals surface area contributed by atoms with Crippen molar-refractivity contribution in [1.82, 2.24) is 5.09 Å². The Kier molecular flexibility index (Phi) is 7.68. The van der Waals surface area contributed by atoms with Gasteiger partial charge in [0.25, 0.3) is 0 Å². The lowest BCUT2D eigenvalue weighted by atomic mass is 9.86. The summed E-state index contributed by atoms with van der Waals surface area (Å²) in [6.45, 7) is 22.5. The number of nitrogens with zero attached hydrogens (tertiary/aromatic N) is 1. The molecule has 2 aromatic carbocycles. The minimum Gasteiger partial charge on any atom is -0.348 e. The topological polar surface area (TPSA) is 24.4 Å². The van der Waals surface area contributed by atoms with Gasteiger partial charge in [-0.15, -0.1) is 0 Å². The predicted octanol–water partition coefficient (Wildman–Crippen LogP) is 7.79. The summed E-state index contributed by atoms with van der Waals surface area (Å²) in [6, 6.07) is 13.4. The van der Waals surface area contributed by atoms with Gasteiger partial charge in [0.15, 0.2) is 0 Å². The first kappa shape index (κ1) is 23.6. The Balaban J connectivity index is 2.57. The molecule has 2 rings (SSSR count). The van der Waals surface area contributed by atoms with E-state index >= 15 is 0 Å². The highest BCUT2D eigenvalue weighted by molar-refractivity contribution is 7.57.